The van der Waals surface area contributed by atoms with Gasteiger partial charge in [-0.3, -0.25) is 0 Å². The molecule has 0 bridgehead atoms. The molecule has 1 aromatic carbocycles. The number of H-pyrrole nitrogens is 2. The number of tetrazole rings is 1. The maximum atomic E-state index is 12.5. The van der Waals surface area contributed by atoms with Gasteiger partial charge in [-0.05, 0) is 43.5 Å². The van der Waals surface area contributed by atoms with Crippen LogP contribution in [0.3, 0.4) is 0 Å². The number of hydrogen-bond acceptors (Lipinski definition) is 4. The van der Waals surface area contributed by atoms with Crippen LogP contribution in [0.25, 0.3) is 10.9 Å². The average Bonchev–Trinajstić information content (AvgIpc) is 3.27. The summed E-state index contributed by atoms with van der Waals surface area (Å²) in [7, 11) is 0. The van der Waals surface area contributed by atoms with Gasteiger partial charge in [-0.2, -0.15) is 5.21 Å². The Hall–Kier alpha value is -2.90. The highest BCUT2D eigenvalue weighted by molar-refractivity contribution is 5.93. The summed E-state index contributed by atoms with van der Waals surface area (Å²) in [6.07, 6.45) is 1.70. The molecule has 24 heavy (non-hydrogen) atoms. The Morgan fingerprint density at radius 1 is 1.42 bits per heavy atom. The standard InChI is InChI=1S/C16H19N7O/c1-10-6-12-8-13(2-3-14(12)17-10)18-16(24)23-5-4-11(9-23)7-15-19-21-22-20-15/h2-3,6,8,11,17H,4-5,7,9H2,1H3,(H,18,24)(H,19,20,21,22). The summed E-state index contributed by atoms with van der Waals surface area (Å²) in [5.41, 5.74) is 3.00. The maximum Gasteiger partial charge on any atom is 0.321 e. The lowest BCUT2D eigenvalue weighted by Gasteiger charge is -2.17. The molecule has 4 rings (SSSR count). The number of nitrogens with one attached hydrogen (secondary N) is 3. The number of anilines is 1. The number of aromatic nitrogens is 5. The van der Waals surface area contributed by atoms with Crippen molar-refractivity contribution in [1.82, 2.24) is 30.5 Å². The number of carbonyl (C=O) groups excluding carboxylic acids is 1. The molecular formula is C16H19N7O. The lowest BCUT2D eigenvalue weighted by Crippen LogP contribution is -2.33. The first-order valence-corrected chi connectivity index (χ1v) is 8.05. The fourth-order valence-electron chi connectivity index (χ4n) is 3.27. The molecule has 8 heteroatoms. The molecule has 2 aromatic heterocycles. The molecule has 3 N–H and O–H groups in total. The molecular weight excluding hydrogens is 306 g/mol. The highest BCUT2D eigenvalue weighted by Gasteiger charge is 2.27. The van der Waals surface area contributed by atoms with Crippen molar-refractivity contribution in [3.8, 4) is 0 Å². The Bertz CT molecular complexity index is 855. The monoisotopic (exact) mass is 325 g/mol. The van der Waals surface area contributed by atoms with Crippen molar-refractivity contribution in [2.75, 3.05) is 18.4 Å². The van der Waals surface area contributed by atoms with Crippen molar-refractivity contribution in [2.45, 2.75) is 19.8 Å². The van der Waals surface area contributed by atoms with Gasteiger partial charge in [0.25, 0.3) is 0 Å². The summed E-state index contributed by atoms with van der Waals surface area (Å²) >= 11 is 0. The molecule has 2 amide bonds. The van der Waals surface area contributed by atoms with Crippen LogP contribution in [0.4, 0.5) is 10.5 Å². The quantitative estimate of drug-likeness (QED) is 0.686. The van der Waals surface area contributed by atoms with Crippen molar-refractivity contribution in [1.29, 1.82) is 0 Å². The third-order valence-electron chi connectivity index (χ3n) is 4.44. The molecule has 0 aliphatic carbocycles. The largest absolute Gasteiger partial charge is 0.359 e. The fourth-order valence-corrected chi connectivity index (χ4v) is 3.27. The number of nitrogens with zero attached hydrogens (tertiary/aromatic N) is 4. The Kier molecular flexibility index (Phi) is 3.64. The number of rotatable bonds is 3. The topological polar surface area (TPSA) is 103 Å². The molecule has 0 radical (unpaired) electrons. The maximum absolute atomic E-state index is 12.5. The Labute approximate surface area is 138 Å². The van der Waals surface area contributed by atoms with Gasteiger partial charge >= 0.3 is 6.03 Å². The molecule has 1 fully saturated rings. The summed E-state index contributed by atoms with van der Waals surface area (Å²) in [6.45, 7) is 3.48. The van der Waals surface area contributed by atoms with Gasteiger partial charge in [0.2, 0.25) is 0 Å². The van der Waals surface area contributed by atoms with E-state index in [1.807, 2.05) is 30.0 Å². The average molecular weight is 325 g/mol. The summed E-state index contributed by atoms with van der Waals surface area (Å²) in [5.74, 6) is 1.08. The molecule has 1 saturated heterocycles. The Morgan fingerprint density at radius 2 is 2.33 bits per heavy atom. The van der Waals surface area contributed by atoms with Crippen LogP contribution in [-0.2, 0) is 6.42 Å². The predicted molar refractivity (Wildman–Crippen MR) is 89.6 cm³/mol. The van der Waals surface area contributed by atoms with E-state index >= 15 is 0 Å². The van der Waals surface area contributed by atoms with Gasteiger partial charge in [-0.15, -0.1) is 10.2 Å². The van der Waals surface area contributed by atoms with Gasteiger partial charge in [0.05, 0.1) is 0 Å². The summed E-state index contributed by atoms with van der Waals surface area (Å²) in [4.78, 5) is 17.6. The lowest BCUT2D eigenvalue weighted by atomic mass is 10.1. The van der Waals surface area contributed by atoms with E-state index in [9.17, 15) is 4.79 Å². The molecule has 0 spiro atoms. The van der Waals surface area contributed by atoms with Crippen molar-refractivity contribution in [2.24, 2.45) is 5.92 Å². The smallest absolute Gasteiger partial charge is 0.321 e. The number of hydrogen-bond donors (Lipinski definition) is 3. The van der Waals surface area contributed by atoms with Crippen LogP contribution >= 0.6 is 0 Å². The number of amides is 2. The van der Waals surface area contributed by atoms with Gasteiger partial charge in [-0.25, -0.2) is 4.79 Å². The zero-order valence-corrected chi connectivity index (χ0v) is 13.4. The minimum absolute atomic E-state index is 0.0581. The summed E-state index contributed by atoms with van der Waals surface area (Å²) < 4.78 is 0. The summed E-state index contributed by atoms with van der Waals surface area (Å²) in [6, 6.07) is 7.91. The molecule has 1 atom stereocenters. The van der Waals surface area contributed by atoms with E-state index < -0.39 is 0 Å². The molecule has 1 unspecified atom stereocenters. The van der Waals surface area contributed by atoms with Gasteiger partial charge < -0.3 is 15.2 Å². The fraction of sp³-hybridized carbons (Fsp3) is 0.375. The Balaban J connectivity index is 1.38. The van der Waals surface area contributed by atoms with Gasteiger partial charge in [0.1, 0.15) is 0 Å². The van der Waals surface area contributed by atoms with E-state index in [-0.39, 0.29) is 6.03 Å². The minimum Gasteiger partial charge on any atom is -0.359 e. The normalized spacial score (nSPS) is 17.5. The third kappa shape index (κ3) is 2.94. The van der Waals surface area contributed by atoms with E-state index in [4.69, 9.17) is 0 Å². The molecule has 1 aliphatic rings. The molecule has 0 saturated carbocycles. The first-order valence-electron chi connectivity index (χ1n) is 8.05. The number of carbonyl (C=O) groups is 1. The van der Waals surface area contributed by atoms with E-state index in [2.05, 4.69) is 37.0 Å². The van der Waals surface area contributed by atoms with Crippen LogP contribution in [0, 0.1) is 12.8 Å². The second kappa shape index (κ2) is 5.95. The third-order valence-corrected chi connectivity index (χ3v) is 4.44. The van der Waals surface area contributed by atoms with Crippen molar-refractivity contribution >= 4 is 22.6 Å². The molecule has 3 heterocycles. The molecule has 8 nitrogen and oxygen atoms in total. The van der Waals surface area contributed by atoms with E-state index in [1.54, 1.807) is 0 Å². The van der Waals surface area contributed by atoms with Crippen LogP contribution in [0.15, 0.2) is 24.3 Å². The first-order chi connectivity index (χ1) is 11.7. The van der Waals surface area contributed by atoms with Crippen molar-refractivity contribution < 1.29 is 4.79 Å². The zero-order chi connectivity index (χ0) is 16.5. The van der Waals surface area contributed by atoms with Crippen LogP contribution in [0.1, 0.15) is 17.9 Å². The highest BCUT2D eigenvalue weighted by Crippen LogP contribution is 2.22. The number of aromatic amines is 2. The van der Waals surface area contributed by atoms with E-state index in [0.29, 0.717) is 18.3 Å². The first kappa shape index (κ1) is 14.7. The van der Waals surface area contributed by atoms with Gasteiger partial charge in [0, 0.05) is 41.8 Å². The second-order valence-corrected chi connectivity index (χ2v) is 6.32. The van der Waals surface area contributed by atoms with Crippen LogP contribution in [0.2, 0.25) is 0 Å². The SMILES string of the molecule is Cc1cc2cc(NC(=O)N3CCC(Cc4nn[nH]n4)C3)ccc2[nH]1. The molecule has 1 aliphatic heterocycles. The lowest BCUT2D eigenvalue weighted by molar-refractivity contribution is 0.220. The van der Waals surface area contributed by atoms with Gasteiger partial charge in [0.15, 0.2) is 5.82 Å². The molecule has 3 aromatic rings. The van der Waals surface area contributed by atoms with Crippen molar-refractivity contribution in [3.63, 3.8) is 0 Å². The number of urea groups is 1. The van der Waals surface area contributed by atoms with Crippen LogP contribution in [0.5, 0.6) is 0 Å². The van der Waals surface area contributed by atoms with Crippen LogP contribution < -0.4 is 5.32 Å². The van der Waals surface area contributed by atoms with E-state index in [0.717, 1.165) is 41.7 Å². The zero-order valence-electron chi connectivity index (χ0n) is 13.4. The van der Waals surface area contributed by atoms with Crippen LogP contribution in [-0.4, -0.2) is 49.6 Å². The number of benzene rings is 1. The number of fused-ring (bicyclic) bond motifs is 1. The number of likely N-dealkylation sites (tertiary alicyclic amines) is 1. The predicted octanol–water partition coefficient (Wildman–Crippen LogP) is 2.09. The number of aryl methyl sites for hydroxylation is 1. The van der Waals surface area contributed by atoms with E-state index in [1.165, 1.54) is 0 Å². The van der Waals surface area contributed by atoms with Crippen molar-refractivity contribution in [3.05, 3.63) is 35.8 Å². The highest BCUT2D eigenvalue weighted by atomic mass is 16.2. The molecule has 124 valence electrons. The second-order valence-electron chi connectivity index (χ2n) is 6.32. The summed E-state index contributed by atoms with van der Waals surface area (Å²) in [5, 5.41) is 18.1. The minimum atomic E-state index is -0.0581. The van der Waals surface area contributed by atoms with Gasteiger partial charge in [-0.1, -0.05) is 5.21 Å². The Morgan fingerprint density at radius 3 is 3.17 bits per heavy atom.